The zero-order valence-corrected chi connectivity index (χ0v) is 20.5. The molecule has 9 nitrogen and oxygen atoms in total. The maximum absolute atomic E-state index is 13.7. The van der Waals surface area contributed by atoms with Crippen LogP contribution in [0.3, 0.4) is 0 Å². The Bertz CT molecular complexity index is 1210. The normalized spacial score (nSPS) is 13.9. The van der Waals surface area contributed by atoms with Crippen molar-refractivity contribution in [3.05, 3.63) is 71.1 Å². The van der Waals surface area contributed by atoms with Crippen LogP contribution in [0.1, 0.15) is 13.8 Å². The van der Waals surface area contributed by atoms with Gasteiger partial charge in [-0.2, -0.15) is 5.09 Å². The average Bonchev–Trinajstić information content (AvgIpc) is 2.82. The van der Waals surface area contributed by atoms with Gasteiger partial charge in [0.15, 0.2) is 0 Å². The third kappa shape index (κ3) is 6.47. The number of esters is 1. The second kappa shape index (κ2) is 11.3. The van der Waals surface area contributed by atoms with E-state index in [2.05, 4.69) is 5.09 Å². The van der Waals surface area contributed by atoms with Gasteiger partial charge in [0.1, 0.15) is 17.4 Å². The summed E-state index contributed by atoms with van der Waals surface area (Å²) >= 11 is 0. The number of likely N-dealkylation sites (N-methyl/N-ethyl adjacent to an activating group) is 1. The van der Waals surface area contributed by atoms with Gasteiger partial charge in [0.25, 0.3) is 0 Å². The lowest BCUT2D eigenvalue weighted by molar-refractivity contribution is -0.143. The highest BCUT2D eigenvalue weighted by atomic mass is 31.2. The Morgan fingerprint density at radius 2 is 1.79 bits per heavy atom. The lowest BCUT2D eigenvalue weighted by Gasteiger charge is -2.27. The minimum absolute atomic E-state index is 0.0197. The van der Waals surface area contributed by atoms with Crippen LogP contribution in [0.5, 0.6) is 5.75 Å². The number of carbonyl (C=O) groups excluding carboxylic acids is 1. The second-order valence-corrected chi connectivity index (χ2v) is 9.67. The van der Waals surface area contributed by atoms with Crippen molar-refractivity contribution in [3.63, 3.8) is 0 Å². The molecular weight excluding hydrogens is 459 g/mol. The first kappa shape index (κ1) is 25.5. The fourth-order valence-electron chi connectivity index (χ4n) is 3.31. The molecule has 1 N–H and O–H groups in total. The zero-order chi connectivity index (χ0) is 24.7. The molecule has 0 fully saturated rings. The standard InChI is InChI=1S/C24H29N2O7P/c1-17(2)23(24(28)30-4)25-34(29,33-18-10-6-5-7-11-18)31-15-14-26(3)20-16-22(27)32-21-13-9-8-12-19(20)21/h5-13,16-17,23H,14-15H2,1-4H3,(H,25,29). The number of para-hydroxylation sites is 2. The minimum Gasteiger partial charge on any atom is -0.468 e. The van der Waals surface area contributed by atoms with Crippen LogP contribution in [0.25, 0.3) is 11.0 Å². The van der Waals surface area contributed by atoms with Crippen molar-refractivity contribution in [3.8, 4) is 5.75 Å². The van der Waals surface area contributed by atoms with Crippen molar-refractivity contribution in [2.75, 3.05) is 32.2 Å². The minimum atomic E-state index is -3.98. The highest BCUT2D eigenvalue weighted by molar-refractivity contribution is 7.52. The highest BCUT2D eigenvalue weighted by Crippen LogP contribution is 2.45. The van der Waals surface area contributed by atoms with E-state index in [0.29, 0.717) is 17.0 Å². The van der Waals surface area contributed by atoms with Crippen LogP contribution in [0.4, 0.5) is 5.69 Å². The summed E-state index contributed by atoms with van der Waals surface area (Å²) in [7, 11) is -0.935. The van der Waals surface area contributed by atoms with Crippen LogP contribution in [-0.2, 0) is 18.6 Å². The van der Waals surface area contributed by atoms with E-state index in [9.17, 15) is 14.2 Å². The molecule has 182 valence electrons. The van der Waals surface area contributed by atoms with E-state index in [-0.39, 0.29) is 19.1 Å². The molecule has 0 aliphatic heterocycles. The number of hydrogen-bond acceptors (Lipinski definition) is 8. The molecule has 10 heteroatoms. The molecule has 0 spiro atoms. The molecule has 1 aromatic heterocycles. The summed E-state index contributed by atoms with van der Waals surface area (Å²) in [5, 5.41) is 3.50. The molecule has 3 rings (SSSR count). The maximum Gasteiger partial charge on any atom is 0.459 e. The predicted octanol–water partition coefficient (Wildman–Crippen LogP) is 4.22. The Morgan fingerprint density at radius 3 is 2.47 bits per heavy atom. The van der Waals surface area contributed by atoms with Gasteiger partial charge < -0.3 is 18.6 Å². The predicted molar refractivity (Wildman–Crippen MR) is 130 cm³/mol. The Balaban J connectivity index is 1.78. The van der Waals surface area contributed by atoms with Crippen LogP contribution in [-0.4, -0.2) is 39.3 Å². The maximum atomic E-state index is 13.7. The number of ether oxygens (including phenoxy) is 1. The summed E-state index contributed by atoms with van der Waals surface area (Å²) in [4.78, 5) is 26.0. The largest absolute Gasteiger partial charge is 0.468 e. The van der Waals surface area contributed by atoms with Gasteiger partial charge in [-0.1, -0.05) is 44.2 Å². The topological polar surface area (TPSA) is 107 Å². The number of benzene rings is 2. The van der Waals surface area contributed by atoms with E-state index in [0.717, 1.165) is 5.39 Å². The van der Waals surface area contributed by atoms with Crippen LogP contribution in [0.2, 0.25) is 0 Å². The van der Waals surface area contributed by atoms with Crippen LogP contribution in [0.15, 0.2) is 69.9 Å². The molecule has 0 saturated heterocycles. The van der Waals surface area contributed by atoms with Crippen molar-refractivity contribution < 1.29 is 27.6 Å². The van der Waals surface area contributed by atoms with Gasteiger partial charge >= 0.3 is 19.3 Å². The van der Waals surface area contributed by atoms with Crippen LogP contribution in [0, 0.1) is 5.92 Å². The molecule has 0 saturated carbocycles. The van der Waals surface area contributed by atoms with Gasteiger partial charge in [0.05, 0.1) is 19.4 Å². The van der Waals surface area contributed by atoms with E-state index in [1.807, 2.05) is 12.1 Å². The molecule has 1 heterocycles. The molecule has 34 heavy (non-hydrogen) atoms. The van der Waals surface area contributed by atoms with Gasteiger partial charge in [0.2, 0.25) is 0 Å². The van der Waals surface area contributed by atoms with Crippen molar-refractivity contribution in [2.45, 2.75) is 19.9 Å². The Labute approximate surface area is 198 Å². The Morgan fingerprint density at radius 1 is 1.12 bits per heavy atom. The van der Waals surface area contributed by atoms with E-state index >= 15 is 0 Å². The summed E-state index contributed by atoms with van der Waals surface area (Å²) < 4.78 is 35.1. The monoisotopic (exact) mass is 488 g/mol. The van der Waals surface area contributed by atoms with Gasteiger partial charge in [0, 0.05) is 25.0 Å². The zero-order valence-electron chi connectivity index (χ0n) is 19.6. The smallest absolute Gasteiger partial charge is 0.459 e. The molecule has 0 aliphatic carbocycles. The summed E-state index contributed by atoms with van der Waals surface area (Å²) in [6, 6.07) is 16.2. The first-order valence-corrected chi connectivity index (χ1v) is 12.4. The third-order valence-electron chi connectivity index (χ3n) is 5.12. The first-order valence-electron chi connectivity index (χ1n) is 10.8. The fraction of sp³-hybridized carbons (Fsp3) is 0.333. The van der Waals surface area contributed by atoms with Crippen molar-refractivity contribution in [1.29, 1.82) is 0 Å². The fourth-order valence-corrected chi connectivity index (χ4v) is 4.96. The third-order valence-corrected chi connectivity index (χ3v) is 6.68. The van der Waals surface area contributed by atoms with Crippen LogP contribution < -0.4 is 20.1 Å². The molecule has 0 amide bonds. The van der Waals surface area contributed by atoms with Gasteiger partial charge in [-0.05, 0) is 30.2 Å². The second-order valence-electron chi connectivity index (χ2n) is 7.98. The number of hydrogen-bond donors (Lipinski definition) is 1. The summed E-state index contributed by atoms with van der Waals surface area (Å²) in [5.74, 6) is -0.484. The molecule has 2 atom stereocenters. The van der Waals surface area contributed by atoms with Crippen LogP contribution >= 0.6 is 7.75 Å². The number of carbonyl (C=O) groups is 1. The van der Waals surface area contributed by atoms with E-state index < -0.39 is 25.4 Å². The molecule has 0 aliphatic rings. The van der Waals surface area contributed by atoms with Crippen molar-refractivity contribution in [2.24, 2.45) is 5.92 Å². The average molecular weight is 488 g/mol. The lowest BCUT2D eigenvalue weighted by atomic mass is 10.1. The molecular formula is C24H29N2O7P. The lowest BCUT2D eigenvalue weighted by Crippen LogP contribution is -2.41. The van der Waals surface area contributed by atoms with Gasteiger partial charge in [-0.3, -0.25) is 9.32 Å². The quantitative estimate of drug-likeness (QED) is 0.241. The Hall–Kier alpha value is -3.13. The van der Waals surface area contributed by atoms with Crippen molar-refractivity contribution >= 4 is 30.4 Å². The van der Waals surface area contributed by atoms with E-state index in [4.69, 9.17) is 18.2 Å². The highest BCUT2D eigenvalue weighted by Gasteiger charge is 2.36. The van der Waals surface area contributed by atoms with E-state index in [1.165, 1.54) is 13.2 Å². The summed E-state index contributed by atoms with van der Waals surface area (Å²) in [6.07, 6.45) is 0. The number of nitrogens with one attached hydrogen (secondary N) is 1. The summed E-state index contributed by atoms with van der Waals surface area (Å²) in [5.41, 5.74) is 0.645. The number of fused-ring (bicyclic) bond motifs is 1. The van der Waals surface area contributed by atoms with Gasteiger partial charge in [-0.15, -0.1) is 0 Å². The number of nitrogens with zero attached hydrogens (tertiary/aromatic N) is 1. The van der Waals surface area contributed by atoms with Gasteiger partial charge in [-0.25, -0.2) is 9.36 Å². The number of rotatable bonds is 11. The number of anilines is 1. The number of methoxy groups -OCH3 is 1. The molecule has 2 unspecified atom stereocenters. The Kier molecular flexibility index (Phi) is 8.50. The molecule has 0 bridgehead atoms. The van der Waals surface area contributed by atoms with E-state index in [1.54, 1.807) is 68.3 Å². The molecule has 2 aromatic carbocycles. The summed E-state index contributed by atoms with van der Waals surface area (Å²) in [6.45, 7) is 3.85. The molecule has 0 radical (unpaired) electrons. The SMILES string of the molecule is COC(=O)C(NP(=O)(OCCN(C)c1cc(=O)oc2ccccc12)Oc1ccccc1)C(C)C. The van der Waals surface area contributed by atoms with Crippen molar-refractivity contribution in [1.82, 2.24) is 5.09 Å². The molecule has 3 aromatic rings. The first-order chi connectivity index (χ1) is 16.2.